The molecule has 0 saturated carbocycles. The van der Waals surface area contributed by atoms with Crippen LogP contribution in [0.25, 0.3) is 0 Å². The highest BCUT2D eigenvalue weighted by Crippen LogP contribution is 2.41. The maximum absolute atomic E-state index is 13.4. The van der Waals surface area contributed by atoms with Gasteiger partial charge in [-0.3, -0.25) is 0 Å². The zero-order chi connectivity index (χ0) is 14.9. The van der Waals surface area contributed by atoms with Crippen molar-refractivity contribution < 1.29 is 14.2 Å². The van der Waals surface area contributed by atoms with Crippen LogP contribution in [0.15, 0.2) is 48.5 Å². The van der Waals surface area contributed by atoms with Crippen LogP contribution in [0.2, 0.25) is 0 Å². The number of fused-ring (bicyclic) bond motifs is 1. The maximum atomic E-state index is 13.4. The molecule has 1 aliphatic rings. The topological polar surface area (TPSA) is 29.5 Å². The summed E-state index contributed by atoms with van der Waals surface area (Å²) in [4.78, 5) is 0. The first kappa shape index (κ1) is 14.1. The Bertz CT molecular complexity index is 626. The van der Waals surface area contributed by atoms with Gasteiger partial charge in [-0.25, -0.2) is 4.39 Å². The van der Waals surface area contributed by atoms with Gasteiger partial charge >= 0.3 is 0 Å². The molecule has 0 spiro atoms. The molecule has 0 amide bonds. The Morgan fingerprint density at radius 2 is 2.00 bits per heavy atom. The van der Waals surface area contributed by atoms with Crippen LogP contribution in [0.1, 0.15) is 37.0 Å². The summed E-state index contributed by atoms with van der Waals surface area (Å²) in [5.74, 6) is 0.123. The number of halogens is 1. The molecule has 2 unspecified atom stereocenters. The number of hydrogen-bond acceptors (Lipinski definition) is 2. The molecule has 0 aliphatic carbocycles. The monoisotopic (exact) mass is 286 g/mol. The van der Waals surface area contributed by atoms with E-state index in [1.807, 2.05) is 25.1 Å². The van der Waals surface area contributed by atoms with E-state index < -0.39 is 11.7 Å². The van der Waals surface area contributed by atoms with Crippen LogP contribution in [-0.2, 0) is 6.42 Å². The molecule has 1 heterocycles. The van der Waals surface area contributed by atoms with Crippen LogP contribution in [0.4, 0.5) is 4.39 Å². The average molecular weight is 286 g/mol. The summed E-state index contributed by atoms with van der Waals surface area (Å²) in [5.41, 5.74) is 1.44. The minimum absolute atomic E-state index is 0.340. The van der Waals surface area contributed by atoms with Gasteiger partial charge in [-0.05, 0) is 37.5 Å². The fourth-order valence-electron chi connectivity index (χ4n) is 2.90. The van der Waals surface area contributed by atoms with Crippen molar-refractivity contribution in [3.05, 3.63) is 65.5 Å². The quantitative estimate of drug-likeness (QED) is 0.923. The predicted octanol–water partition coefficient (Wildman–Crippen LogP) is 4.03. The number of aliphatic hydroxyl groups is 1. The van der Waals surface area contributed by atoms with Crippen molar-refractivity contribution in [2.45, 2.75) is 37.9 Å². The SMILES string of the molecule is CC1(CCc2ccccc2)CC(O)c2ccc(F)cc2O1. The number of aryl methyl sites for hydroxylation is 1. The van der Waals surface area contributed by atoms with Crippen molar-refractivity contribution in [2.24, 2.45) is 0 Å². The molecule has 0 aromatic heterocycles. The molecule has 110 valence electrons. The van der Waals surface area contributed by atoms with Gasteiger partial charge in [0.2, 0.25) is 0 Å². The third kappa shape index (κ3) is 3.08. The summed E-state index contributed by atoms with van der Waals surface area (Å²) in [6, 6.07) is 14.5. The van der Waals surface area contributed by atoms with Crippen LogP contribution in [0.5, 0.6) is 5.75 Å². The van der Waals surface area contributed by atoms with E-state index in [-0.39, 0.29) is 5.82 Å². The maximum Gasteiger partial charge on any atom is 0.128 e. The summed E-state index contributed by atoms with van der Waals surface area (Å²) >= 11 is 0. The van der Waals surface area contributed by atoms with E-state index in [0.717, 1.165) is 12.8 Å². The first-order chi connectivity index (χ1) is 10.1. The van der Waals surface area contributed by atoms with E-state index in [0.29, 0.717) is 17.7 Å². The van der Waals surface area contributed by atoms with E-state index in [1.165, 1.54) is 17.7 Å². The number of aliphatic hydroxyl groups excluding tert-OH is 1. The largest absolute Gasteiger partial charge is 0.487 e. The average Bonchev–Trinajstić information content (AvgIpc) is 2.46. The second-order valence-electron chi connectivity index (χ2n) is 5.94. The van der Waals surface area contributed by atoms with Crippen molar-refractivity contribution >= 4 is 0 Å². The lowest BCUT2D eigenvalue weighted by Gasteiger charge is -2.38. The summed E-state index contributed by atoms with van der Waals surface area (Å²) in [5, 5.41) is 10.3. The van der Waals surface area contributed by atoms with E-state index in [1.54, 1.807) is 6.07 Å². The number of benzene rings is 2. The molecular formula is C18H19FO2. The lowest BCUT2D eigenvalue weighted by Crippen LogP contribution is -2.38. The van der Waals surface area contributed by atoms with Crippen molar-refractivity contribution in [3.8, 4) is 5.75 Å². The Morgan fingerprint density at radius 1 is 1.24 bits per heavy atom. The Labute approximate surface area is 124 Å². The van der Waals surface area contributed by atoms with Gasteiger partial charge in [0.15, 0.2) is 0 Å². The van der Waals surface area contributed by atoms with E-state index >= 15 is 0 Å². The summed E-state index contributed by atoms with van der Waals surface area (Å²) in [6.45, 7) is 1.98. The molecule has 1 aliphatic heterocycles. The van der Waals surface area contributed by atoms with Gasteiger partial charge in [-0.1, -0.05) is 30.3 Å². The highest BCUT2D eigenvalue weighted by molar-refractivity contribution is 5.38. The van der Waals surface area contributed by atoms with Gasteiger partial charge in [-0.15, -0.1) is 0 Å². The zero-order valence-corrected chi connectivity index (χ0v) is 12.1. The highest BCUT2D eigenvalue weighted by atomic mass is 19.1. The molecule has 2 aromatic rings. The minimum Gasteiger partial charge on any atom is -0.487 e. The highest BCUT2D eigenvalue weighted by Gasteiger charge is 2.36. The smallest absolute Gasteiger partial charge is 0.128 e. The van der Waals surface area contributed by atoms with Gasteiger partial charge in [0.05, 0.1) is 6.10 Å². The third-order valence-electron chi connectivity index (χ3n) is 4.10. The van der Waals surface area contributed by atoms with E-state index in [4.69, 9.17) is 4.74 Å². The lowest BCUT2D eigenvalue weighted by atomic mass is 9.86. The van der Waals surface area contributed by atoms with Gasteiger partial charge in [0, 0.05) is 18.1 Å². The van der Waals surface area contributed by atoms with Crippen molar-refractivity contribution in [1.29, 1.82) is 0 Å². The van der Waals surface area contributed by atoms with Crippen LogP contribution in [-0.4, -0.2) is 10.7 Å². The second kappa shape index (κ2) is 5.49. The third-order valence-corrected chi connectivity index (χ3v) is 4.10. The molecule has 3 rings (SSSR count). The molecule has 21 heavy (non-hydrogen) atoms. The Kier molecular flexibility index (Phi) is 3.68. The van der Waals surface area contributed by atoms with Crippen molar-refractivity contribution in [1.82, 2.24) is 0 Å². The summed E-state index contributed by atoms with van der Waals surface area (Å²) in [7, 11) is 0. The molecule has 1 N–H and O–H groups in total. The number of hydrogen-bond donors (Lipinski definition) is 1. The molecule has 2 atom stereocenters. The van der Waals surface area contributed by atoms with Gasteiger partial charge in [0.1, 0.15) is 17.2 Å². The van der Waals surface area contributed by atoms with Crippen molar-refractivity contribution in [2.75, 3.05) is 0 Å². The van der Waals surface area contributed by atoms with Crippen LogP contribution < -0.4 is 4.74 Å². The normalized spacial score (nSPS) is 24.2. The standard InChI is InChI=1S/C18H19FO2/c1-18(10-9-13-5-3-2-4-6-13)12-16(20)15-8-7-14(19)11-17(15)21-18/h2-8,11,16,20H,9-10,12H2,1H3. The lowest BCUT2D eigenvalue weighted by molar-refractivity contribution is -0.00699. The van der Waals surface area contributed by atoms with E-state index in [2.05, 4.69) is 12.1 Å². The van der Waals surface area contributed by atoms with Gasteiger partial charge in [-0.2, -0.15) is 0 Å². The Hall–Kier alpha value is -1.87. The number of rotatable bonds is 3. The fourth-order valence-corrected chi connectivity index (χ4v) is 2.90. The van der Waals surface area contributed by atoms with Crippen LogP contribution in [0.3, 0.4) is 0 Å². The molecule has 0 bridgehead atoms. The Balaban J connectivity index is 1.77. The molecule has 2 nitrogen and oxygen atoms in total. The fraction of sp³-hybridized carbons (Fsp3) is 0.333. The molecule has 0 saturated heterocycles. The number of ether oxygens (including phenoxy) is 1. The molecule has 2 aromatic carbocycles. The predicted molar refractivity (Wildman–Crippen MR) is 79.8 cm³/mol. The van der Waals surface area contributed by atoms with Crippen LogP contribution in [0, 0.1) is 5.82 Å². The molecule has 0 radical (unpaired) electrons. The summed E-state index contributed by atoms with van der Waals surface area (Å²) in [6.07, 6.45) is 1.58. The molecule has 0 fully saturated rings. The van der Waals surface area contributed by atoms with E-state index in [9.17, 15) is 9.50 Å². The van der Waals surface area contributed by atoms with Crippen LogP contribution >= 0.6 is 0 Å². The summed E-state index contributed by atoms with van der Waals surface area (Å²) < 4.78 is 19.4. The minimum atomic E-state index is -0.602. The first-order valence-electron chi connectivity index (χ1n) is 7.26. The first-order valence-corrected chi connectivity index (χ1v) is 7.26. The second-order valence-corrected chi connectivity index (χ2v) is 5.94. The van der Waals surface area contributed by atoms with Gasteiger partial charge in [0.25, 0.3) is 0 Å². The zero-order valence-electron chi connectivity index (χ0n) is 12.1. The van der Waals surface area contributed by atoms with Gasteiger partial charge < -0.3 is 9.84 Å². The Morgan fingerprint density at radius 3 is 2.76 bits per heavy atom. The molecule has 3 heteroatoms. The van der Waals surface area contributed by atoms with Crippen molar-refractivity contribution in [3.63, 3.8) is 0 Å². The molecular weight excluding hydrogens is 267 g/mol.